The van der Waals surface area contributed by atoms with Crippen LogP contribution in [0, 0.1) is 0 Å². The fraction of sp³-hybridized carbons (Fsp3) is 0.462. The number of rotatable bonds is 2. The van der Waals surface area contributed by atoms with Gasteiger partial charge in [-0.15, -0.1) is 0 Å². The Labute approximate surface area is 107 Å². The summed E-state index contributed by atoms with van der Waals surface area (Å²) in [6.45, 7) is 0. The molecule has 3 rings (SSSR count). The first-order valence-corrected chi connectivity index (χ1v) is 6.11. The Kier molecular flexibility index (Phi) is 2.60. The Balaban J connectivity index is 1.92. The highest BCUT2D eigenvalue weighted by molar-refractivity contribution is 5.73. The summed E-state index contributed by atoms with van der Waals surface area (Å²) in [6, 6.07) is 3.31. The zero-order chi connectivity index (χ0) is 13.7. The molecule has 0 saturated heterocycles. The lowest BCUT2D eigenvalue weighted by Crippen LogP contribution is -2.48. The predicted octanol–water partition coefficient (Wildman–Crippen LogP) is 3.27. The van der Waals surface area contributed by atoms with Gasteiger partial charge in [-0.25, -0.2) is 4.98 Å². The molecule has 19 heavy (non-hydrogen) atoms. The molecule has 0 unspecified atom stereocenters. The summed E-state index contributed by atoms with van der Waals surface area (Å²) < 4.78 is 43.2. The summed E-state index contributed by atoms with van der Waals surface area (Å²) in [5.41, 5.74) is 5.66. The van der Waals surface area contributed by atoms with Crippen molar-refractivity contribution in [2.75, 3.05) is 0 Å². The van der Waals surface area contributed by atoms with Crippen LogP contribution in [0.3, 0.4) is 0 Å². The maximum Gasteiger partial charge on any atom is 0.416 e. The minimum absolute atomic E-state index is 0.229. The second kappa shape index (κ2) is 3.96. The fourth-order valence-corrected chi connectivity index (χ4v) is 2.34. The Morgan fingerprint density at radius 3 is 2.63 bits per heavy atom. The van der Waals surface area contributed by atoms with Crippen LogP contribution in [0.25, 0.3) is 11.1 Å². The number of halogens is 3. The number of benzene rings is 1. The fourth-order valence-electron chi connectivity index (χ4n) is 2.34. The molecule has 6 heteroatoms. The third-order valence-electron chi connectivity index (χ3n) is 3.61. The second-order valence-corrected chi connectivity index (χ2v) is 5.18. The SMILES string of the molecule is NC1(Cc2nc3cc(C(F)(F)F)ccc3o2)CCC1. The lowest BCUT2D eigenvalue weighted by molar-refractivity contribution is -0.137. The Hall–Kier alpha value is -1.56. The van der Waals surface area contributed by atoms with Crippen molar-refractivity contribution in [1.29, 1.82) is 0 Å². The van der Waals surface area contributed by atoms with Gasteiger partial charge in [0.2, 0.25) is 0 Å². The van der Waals surface area contributed by atoms with Crippen molar-refractivity contribution in [2.24, 2.45) is 5.73 Å². The average molecular weight is 270 g/mol. The zero-order valence-corrected chi connectivity index (χ0v) is 10.1. The van der Waals surface area contributed by atoms with Gasteiger partial charge in [-0.05, 0) is 37.5 Å². The van der Waals surface area contributed by atoms with E-state index in [1.54, 1.807) is 0 Å². The molecule has 1 aromatic carbocycles. The van der Waals surface area contributed by atoms with E-state index in [4.69, 9.17) is 10.2 Å². The third-order valence-corrected chi connectivity index (χ3v) is 3.61. The van der Waals surface area contributed by atoms with E-state index in [-0.39, 0.29) is 11.1 Å². The molecule has 1 aliphatic carbocycles. The minimum Gasteiger partial charge on any atom is -0.441 e. The molecule has 0 radical (unpaired) electrons. The van der Waals surface area contributed by atoms with Gasteiger partial charge in [-0.2, -0.15) is 13.2 Å². The molecular weight excluding hydrogens is 257 g/mol. The molecule has 0 spiro atoms. The molecular formula is C13H13F3N2O. The van der Waals surface area contributed by atoms with Crippen molar-refractivity contribution in [3.63, 3.8) is 0 Å². The standard InChI is InChI=1S/C13H13F3N2O/c14-13(15,16)8-2-3-10-9(6-8)18-11(19-10)7-12(17)4-1-5-12/h2-3,6H,1,4-5,7,17H2. The van der Waals surface area contributed by atoms with Crippen LogP contribution < -0.4 is 5.73 Å². The molecule has 1 aromatic heterocycles. The number of alkyl halides is 3. The molecule has 1 saturated carbocycles. The van der Waals surface area contributed by atoms with Crippen LogP contribution in [0.1, 0.15) is 30.7 Å². The number of nitrogens with two attached hydrogens (primary N) is 1. The summed E-state index contributed by atoms with van der Waals surface area (Å²) in [5, 5.41) is 0. The van der Waals surface area contributed by atoms with Gasteiger partial charge < -0.3 is 10.2 Å². The van der Waals surface area contributed by atoms with Crippen molar-refractivity contribution in [3.05, 3.63) is 29.7 Å². The lowest BCUT2D eigenvalue weighted by Gasteiger charge is -2.36. The molecule has 0 bridgehead atoms. The van der Waals surface area contributed by atoms with Gasteiger partial charge >= 0.3 is 6.18 Å². The van der Waals surface area contributed by atoms with Gasteiger partial charge in [0.05, 0.1) is 5.56 Å². The topological polar surface area (TPSA) is 52.0 Å². The van der Waals surface area contributed by atoms with E-state index in [0.717, 1.165) is 31.4 Å². The van der Waals surface area contributed by atoms with Gasteiger partial charge in [-0.3, -0.25) is 0 Å². The molecule has 2 aromatic rings. The number of oxazole rings is 1. The van der Waals surface area contributed by atoms with E-state index in [2.05, 4.69) is 4.98 Å². The van der Waals surface area contributed by atoms with Crippen LogP contribution >= 0.6 is 0 Å². The summed E-state index contributed by atoms with van der Waals surface area (Å²) in [6.07, 6.45) is -1.01. The van der Waals surface area contributed by atoms with Crippen LogP contribution in [0.4, 0.5) is 13.2 Å². The molecule has 1 heterocycles. The van der Waals surface area contributed by atoms with Crippen molar-refractivity contribution in [3.8, 4) is 0 Å². The molecule has 102 valence electrons. The lowest BCUT2D eigenvalue weighted by atomic mass is 9.75. The van der Waals surface area contributed by atoms with E-state index in [1.165, 1.54) is 6.07 Å². The summed E-state index contributed by atoms with van der Waals surface area (Å²) in [7, 11) is 0. The van der Waals surface area contributed by atoms with Crippen LogP contribution in [-0.2, 0) is 12.6 Å². The van der Waals surface area contributed by atoms with E-state index in [9.17, 15) is 13.2 Å². The third kappa shape index (κ3) is 2.32. The maximum atomic E-state index is 12.6. The number of nitrogens with zero attached hydrogens (tertiary/aromatic N) is 1. The van der Waals surface area contributed by atoms with Crippen LogP contribution in [0.15, 0.2) is 22.6 Å². The summed E-state index contributed by atoms with van der Waals surface area (Å²) in [4.78, 5) is 4.11. The highest BCUT2D eigenvalue weighted by Gasteiger charge is 2.35. The zero-order valence-electron chi connectivity index (χ0n) is 10.1. The smallest absolute Gasteiger partial charge is 0.416 e. The molecule has 0 amide bonds. The highest BCUT2D eigenvalue weighted by atomic mass is 19.4. The van der Waals surface area contributed by atoms with Gasteiger partial charge in [0.1, 0.15) is 5.52 Å². The quantitative estimate of drug-likeness (QED) is 0.911. The van der Waals surface area contributed by atoms with Gasteiger partial charge in [-0.1, -0.05) is 0 Å². The van der Waals surface area contributed by atoms with E-state index >= 15 is 0 Å². The van der Waals surface area contributed by atoms with Crippen LogP contribution in [0.2, 0.25) is 0 Å². The summed E-state index contributed by atoms with van der Waals surface area (Å²) in [5.74, 6) is 0.413. The van der Waals surface area contributed by atoms with E-state index in [0.29, 0.717) is 17.9 Å². The molecule has 0 aliphatic heterocycles. The molecule has 0 atom stereocenters. The summed E-state index contributed by atoms with van der Waals surface area (Å²) >= 11 is 0. The van der Waals surface area contributed by atoms with Gasteiger partial charge in [0, 0.05) is 12.0 Å². The first-order chi connectivity index (χ1) is 8.86. The maximum absolute atomic E-state index is 12.6. The van der Waals surface area contributed by atoms with Gasteiger partial charge in [0.15, 0.2) is 11.5 Å². The Morgan fingerprint density at radius 1 is 1.32 bits per heavy atom. The normalized spacial score (nSPS) is 18.5. The minimum atomic E-state index is -4.36. The highest BCUT2D eigenvalue weighted by Crippen LogP contribution is 2.34. The number of fused-ring (bicyclic) bond motifs is 1. The van der Waals surface area contributed by atoms with Gasteiger partial charge in [0.25, 0.3) is 0 Å². The van der Waals surface area contributed by atoms with E-state index in [1.807, 2.05) is 0 Å². The molecule has 2 N–H and O–H groups in total. The van der Waals surface area contributed by atoms with Crippen LogP contribution in [-0.4, -0.2) is 10.5 Å². The molecule has 3 nitrogen and oxygen atoms in total. The first-order valence-electron chi connectivity index (χ1n) is 6.11. The second-order valence-electron chi connectivity index (χ2n) is 5.18. The monoisotopic (exact) mass is 270 g/mol. The Morgan fingerprint density at radius 2 is 2.05 bits per heavy atom. The van der Waals surface area contributed by atoms with Crippen molar-refractivity contribution in [1.82, 2.24) is 4.98 Å². The number of hydrogen-bond acceptors (Lipinski definition) is 3. The van der Waals surface area contributed by atoms with Crippen molar-refractivity contribution in [2.45, 2.75) is 37.4 Å². The molecule has 1 fully saturated rings. The average Bonchev–Trinajstić information content (AvgIpc) is 2.66. The predicted molar refractivity (Wildman–Crippen MR) is 63.5 cm³/mol. The first kappa shape index (κ1) is 12.5. The largest absolute Gasteiger partial charge is 0.441 e. The Bertz CT molecular complexity index is 614. The van der Waals surface area contributed by atoms with Crippen molar-refractivity contribution >= 4 is 11.1 Å². The van der Waals surface area contributed by atoms with E-state index < -0.39 is 11.7 Å². The van der Waals surface area contributed by atoms with Crippen molar-refractivity contribution < 1.29 is 17.6 Å². The van der Waals surface area contributed by atoms with Crippen LogP contribution in [0.5, 0.6) is 0 Å². The number of hydrogen-bond donors (Lipinski definition) is 1. The number of aromatic nitrogens is 1. The molecule has 1 aliphatic rings.